The minimum Gasteiger partial charge on any atom is -0.312 e. The van der Waals surface area contributed by atoms with Crippen LogP contribution >= 0.6 is 31.1 Å². The molecule has 7 heteroatoms. The van der Waals surface area contributed by atoms with Crippen molar-refractivity contribution >= 4 is 31.1 Å². The van der Waals surface area contributed by atoms with Gasteiger partial charge in [0.05, 0.1) is 0 Å². The molecule has 0 heterocycles. The Balaban J connectivity index is 2.46. The molecule has 102 valence electrons. The fourth-order valence-corrected chi connectivity index (χ4v) is 3.65. The summed E-state index contributed by atoms with van der Waals surface area (Å²) in [6.45, 7) is 0.784. The standard InChI is InChI=1S/C11H17ClNO3PS/c1-16-17(14,15)13(8-7-12)9-10-18-11-5-3-2-4-6-11/h2-6H,7-10H2,1H3,(H,14,15). The molecule has 1 aromatic carbocycles. The van der Waals surface area contributed by atoms with Gasteiger partial charge in [0.25, 0.3) is 0 Å². The number of benzene rings is 1. The number of nitrogens with zero attached hydrogens (tertiary/aromatic N) is 1. The van der Waals surface area contributed by atoms with Crippen molar-refractivity contribution in [3.05, 3.63) is 30.3 Å². The van der Waals surface area contributed by atoms with Crippen molar-refractivity contribution < 1.29 is 14.0 Å². The summed E-state index contributed by atoms with van der Waals surface area (Å²) in [5.74, 6) is 0.999. The van der Waals surface area contributed by atoms with Crippen molar-refractivity contribution in [2.45, 2.75) is 4.90 Å². The van der Waals surface area contributed by atoms with Crippen LogP contribution in [-0.2, 0) is 9.09 Å². The second-order valence-electron chi connectivity index (χ2n) is 3.48. The van der Waals surface area contributed by atoms with E-state index >= 15 is 0 Å². The Bertz CT molecular complexity index is 393. The second-order valence-corrected chi connectivity index (χ2v) is 6.94. The third-order valence-corrected chi connectivity index (χ3v) is 5.05. The van der Waals surface area contributed by atoms with Crippen LogP contribution in [0.2, 0.25) is 0 Å². The van der Waals surface area contributed by atoms with Crippen LogP contribution in [0.25, 0.3) is 0 Å². The number of hydrogen-bond donors (Lipinski definition) is 1. The second kappa shape index (κ2) is 8.20. The molecule has 0 fully saturated rings. The van der Waals surface area contributed by atoms with Crippen LogP contribution in [0.5, 0.6) is 0 Å². The van der Waals surface area contributed by atoms with Crippen LogP contribution in [0.1, 0.15) is 0 Å². The molecule has 1 atom stereocenters. The average molecular weight is 310 g/mol. The van der Waals surface area contributed by atoms with Crippen molar-refractivity contribution in [1.82, 2.24) is 4.67 Å². The molecule has 4 nitrogen and oxygen atoms in total. The summed E-state index contributed by atoms with van der Waals surface area (Å²) in [6.07, 6.45) is 0. The van der Waals surface area contributed by atoms with Crippen molar-refractivity contribution in [1.29, 1.82) is 0 Å². The van der Waals surface area contributed by atoms with Crippen LogP contribution in [0.3, 0.4) is 0 Å². The molecule has 0 aliphatic heterocycles. The number of halogens is 1. The monoisotopic (exact) mass is 309 g/mol. The van der Waals surface area contributed by atoms with Crippen molar-refractivity contribution in [2.24, 2.45) is 0 Å². The van der Waals surface area contributed by atoms with E-state index in [1.165, 1.54) is 11.8 Å². The van der Waals surface area contributed by atoms with Crippen LogP contribution < -0.4 is 0 Å². The van der Waals surface area contributed by atoms with E-state index in [1.54, 1.807) is 11.8 Å². The lowest BCUT2D eigenvalue weighted by atomic mass is 10.4. The molecule has 0 saturated heterocycles. The molecule has 1 aromatic rings. The Labute approximate surface area is 117 Å². The van der Waals surface area contributed by atoms with Gasteiger partial charge in [-0.05, 0) is 12.1 Å². The van der Waals surface area contributed by atoms with E-state index in [-0.39, 0.29) is 0 Å². The largest absolute Gasteiger partial charge is 0.405 e. The zero-order valence-corrected chi connectivity index (χ0v) is 12.6. The quantitative estimate of drug-likeness (QED) is 0.454. The highest BCUT2D eigenvalue weighted by molar-refractivity contribution is 7.99. The molecule has 0 saturated carbocycles. The predicted molar refractivity (Wildman–Crippen MR) is 76.3 cm³/mol. The highest BCUT2D eigenvalue weighted by Crippen LogP contribution is 2.45. The number of rotatable bonds is 8. The van der Waals surface area contributed by atoms with Gasteiger partial charge in [-0.1, -0.05) is 18.2 Å². The summed E-state index contributed by atoms with van der Waals surface area (Å²) in [7, 11) is -2.46. The van der Waals surface area contributed by atoms with Crippen molar-refractivity contribution in [3.63, 3.8) is 0 Å². The maximum atomic E-state index is 11.7. The van der Waals surface area contributed by atoms with Gasteiger partial charge in [0.15, 0.2) is 0 Å². The highest BCUT2D eigenvalue weighted by atomic mass is 35.5. The lowest BCUT2D eigenvalue weighted by molar-refractivity contribution is 0.245. The Kier molecular flexibility index (Phi) is 7.30. The first-order valence-corrected chi connectivity index (χ1v) is 8.53. The maximum Gasteiger partial charge on any atom is 0.405 e. The predicted octanol–water partition coefficient (Wildman–Crippen LogP) is 3.07. The molecule has 1 N–H and O–H groups in total. The van der Waals surface area contributed by atoms with E-state index in [1.807, 2.05) is 30.3 Å². The SMILES string of the molecule is COP(=O)(O)N(CCCl)CCSc1ccccc1. The van der Waals surface area contributed by atoms with E-state index in [9.17, 15) is 9.46 Å². The third-order valence-electron chi connectivity index (χ3n) is 2.30. The van der Waals surface area contributed by atoms with Gasteiger partial charge >= 0.3 is 7.75 Å². The van der Waals surface area contributed by atoms with Gasteiger partial charge in [-0.3, -0.25) is 0 Å². The summed E-state index contributed by atoms with van der Waals surface area (Å²) in [5, 5.41) is 0. The molecule has 0 aromatic heterocycles. The number of thioether (sulfide) groups is 1. The average Bonchev–Trinajstić information content (AvgIpc) is 2.39. The van der Waals surface area contributed by atoms with Crippen molar-refractivity contribution in [3.8, 4) is 0 Å². The van der Waals surface area contributed by atoms with Crippen molar-refractivity contribution in [2.75, 3.05) is 31.8 Å². The van der Waals surface area contributed by atoms with Crippen LogP contribution in [0.4, 0.5) is 0 Å². The smallest absolute Gasteiger partial charge is 0.312 e. The molecule has 0 amide bonds. The van der Waals surface area contributed by atoms with E-state index in [4.69, 9.17) is 11.6 Å². The molecule has 0 spiro atoms. The summed E-state index contributed by atoms with van der Waals surface area (Å²) in [6, 6.07) is 9.89. The van der Waals surface area contributed by atoms with Gasteiger partial charge in [-0.2, -0.15) is 0 Å². The molecule has 0 radical (unpaired) electrons. The fraction of sp³-hybridized carbons (Fsp3) is 0.455. The normalized spacial score (nSPS) is 14.7. The van der Waals surface area contributed by atoms with Gasteiger partial charge in [-0.15, -0.1) is 23.4 Å². The van der Waals surface area contributed by atoms with Gasteiger partial charge < -0.3 is 9.42 Å². The molecule has 1 rings (SSSR count). The Morgan fingerprint density at radius 3 is 2.61 bits per heavy atom. The first-order valence-electron chi connectivity index (χ1n) is 5.48. The summed E-state index contributed by atoms with van der Waals surface area (Å²) in [5.41, 5.74) is 0. The maximum absolute atomic E-state index is 11.7. The lowest BCUT2D eigenvalue weighted by Crippen LogP contribution is -2.25. The summed E-state index contributed by atoms with van der Waals surface area (Å²) in [4.78, 5) is 10.7. The van der Waals surface area contributed by atoms with Crippen LogP contribution in [-0.4, -0.2) is 41.4 Å². The first kappa shape index (κ1) is 16.0. The summed E-state index contributed by atoms with van der Waals surface area (Å²) >= 11 is 7.25. The minimum absolute atomic E-state index is 0.296. The molecular formula is C11H17ClNO3PS. The molecular weight excluding hydrogens is 293 g/mol. The molecule has 0 aliphatic rings. The lowest BCUT2D eigenvalue weighted by Gasteiger charge is -2.24. The Hall–Kier alpha value is -0.0300. The zero-order chi connectivity index (χ0) is 13.4. The minimum atomic E-state index is -3.69. The van der Waals surface area contributed by atoms with Crippen LogP contribution in [0.15, 0.2) is 35.2 Å². The van der Waals surface area contributed by atoms with Crippen LogP contribution in [0, 0.1) is 0 Å². The number of hydrogen-bond acceptors (Lipinski definition) is 3. The molecule has 0 aliphatic carbocycles. The molecule has 0 bridgehead atoms. The van der Waals surface area contributed by atoms with E-state index in [0.29, 0.717) is 24.7 Å². The fourth-order valence-electron chi connectivity index (χ4n) is 1.36. The Morgan fingerprint density at radius 1 is 1.39 bits per heavy atom. The third kappa shape index (κ3) is 5.31. The van der Waals surface area contributed by atoms with Gasteiger partial charge in [0.2, 0.25) is 0 Å². The highest BCUT2D eigenvalue weighted by Gasteiger charge is 2.27. The van der Waals surface area contributed by atoms with E-state index in [0.717, 1.165) is 4.90 Å². The van der Waals surface area contributed by atoms with E-state index < -0.39 is 7.75 Å². The summed E-state index contributed by atoms with van der Waals surface area (Å²) < 4.78 is 17.7. The van der Waals surface area contributed by atoms with Gasteiger partial charge in [0.1, 0.15) is 0 Å². The zero-order valence-electron chi connectivity index (χ0n) is 10.2. The Morgan fingerprint density at radius 2 is 2.06 bits per heavy atom. The number of alkyl halides is 1. The topological polar surface area (TPSA) is 49.8 Å². The molecule has 1 unspecified atom stereocenters. The first-order chi connectivity index (χ1) is 8.60. The van der Waals surface area contributed by atoms with Gasteiger partial charge in [0, 0.05) is 36.7 Å². The molecule has 18 heavy (non-hydrogen) atoms. The van der Waals surface area contributed by atoms with Gasteiger partial charge in [-0.25, -0.2) is 9.24 Å². The van der Waals surface area contributed by atoms with E-state index in [2.05, 4.69) is 4.52 Å².